The van der Waals surface area contributed by atoms with Gasteiger partial charge in [-0.15, -0.1) is 0 Å². The van der Waals surface area contributed by atoms with Gasteiger partial charge in [-0.2, -0.15) is 0 Å². The summed E-state index contributed by atoms with van der Waals surface area (Å²) < 4.78 is 25.2. The lowest BCUT2D eigenvalue weighted by molar-refractivity contribution is -0.118. The first-order valence-electron chi connectivity index (χ1n) is 6.79. The van der Waals surface area contributed by atoms with Gasteiger partial charge in [-0.05, 0) is 31.9 Å². The zero-order chi connectivity index (χ0) is 16.0. The predicted molar refractivity (Wildman–Crippen MR) is 85.5 cm³/mol. The fourth-order valence-electron chi connectivity index (χ4n) is 1.95. The summed E-state index contributed by atoms with van der Waals surface area (Å²) in [7, 11) is -3.36. The molecule has 0 aliphatic rings. The third-order valence-electron chi connectivity index (χ3n) is 2.94. The predicted octanol–water partition coefficient (Wildman–Crippen LogP) is 2.59. The van der Waals surface area contributed by atoms with Crippen molar-refractivity contribution in [3.05, 3.63) is 41.5 Å². The summed E-state index contributed by atoms with van der Waals surface area (Å²) >= 11 is 0. The van der Waals surface area contributed by atoms with Gasteiger partial charge >= 0.3 is 0 Å². The minimum Gasteiger partial charge on any atom is -0.346 e. The smallest absolute Gasteiger partial charge is 0.247 e. The first kappa shape index (κ1) is 17.2. The molecule has 5 nitrogen and oxygen atoms in total. The molecule has 1 aromatic carbocycles. The molecule has 1 unspecified atom stereocenters. The van der Waals surface area contributed by atoms with Gasteiger partial charge in [0, 0.05) is 5.57 Å². The maximum atomic E-state index is 12.0. The van der Waals surface area contributed by atoms with Crippen molar-refractivity contribution in [3.8, 4) is 0 Å². The third-order valence-corrected chi connectivity index (χ3v) is 3.53. The number of amides is 1. The zero-order valence-corrected chi connectivity index (χ0v) is 13.6. The molecule has 1 rings (SSSR count). The number of hydrogen-bond donors (Lipinski definition) is 2. The summed E-state index contributed by atoms with van der Waals surface area (Å²) in [5.74, 6) is -0.154. The van der Waals surface area contributed by atoms with Crippen LogP contribution in [0, 0.1) is 0 Å². The Morgan fingerprint density at radius 3 is 2.52 bits per heavy atom. The third kappa shape index (κ3) is 5.59. The highest BCUT2D eigenvalue weighted by Gasteiger charge is 2.15. The number of para-hydroxylation sites is 1. The standard InChI is InChI=1S/C15H22N2O3S/c1-5-8-11(2)15(18)16-12(3)13-9-6-7-10-14(13)17-21(4,19)20/h6-10,12,17H,5H2,1-4H3,(H,16,18). The summed E-state index contributed by atoms with van der Waals surface area (Å²) in [6.07, 6.45) is 3.74. The van der Waals surface area contributed by atoms with Crippen LogP contribution in [0.1, 0.15) is 38.8 Å². The molecular weight excluding hydrogens is 288 g/mol. The Kier molecular flexibility index (Phi) is 5.96. The molecule has 0 aliphatic carbocycles. The van der Waals surface area contributed by atoms with Gasteiger partial charge in [0.15, 0.2) is 0 Å². The molecule has 1 atom stereocenters. The number of sulfonamides is 1. The monoisotopic (exact) mass is 310 g/mol. The number of carbonyl (C=O) groups excluding carboxylic acids is 1. The Hall–Kier alpha value is -1.82. The van der Waals surface area contributed by atoms with E-state index in [1.807, 2.05) is 19.9 Å². The maximum absolute atomic E-state index is 12.0. The van der Waals surface area contributed by atoms with E-state index in [1.54, 1.807) is 31.2 Å². The molecule has 0 fully saturated rings. The SMILES string of the molecule is CCC=C(C)C(=O)NC(C)c1ccccc1NS(C)(=O)=O. The van der Waals surface area contributed by atoms with Gasteiger partial charge in [-0.25, -0.2) is 8.42 Å². The molecular formula is C15H22N2O3S. The Morgan fingerprint density at radius 1 is 1.33 bits per heavy atom. The molecule has 0 aliphatic heterocycles. The van der Waals surface area contributed by atoms with Crippen LogP contribution in [0.5, 0.6) is 0 Å². The van der Waals surface area contributed by atoms with Crippen LogP contribution in [-0.2, 0) is 14.8 Å². The molecule has 0 heterocycles. The topological polar surface area (TPSA) is 75.3 Å². The van der Waals surface area contributed by atoms with Gasteiger partial charge in [0.2, 0.25) is 15.9 Å². The fraction of sp³-hybridized carbons (Fsp3) is 0.400. The minimum atomic E-state index is -3.36. The van der Waals surface area contributed by atoms with Crippen molar-refractivity contribution >= 4 is 21.6 Å². The minimum absolute atomic E-state index is 0.154. The van der Waals surface area contributed by atoms with Crippen molar-refractivity contribution in [2.45, 2.75) is 33.2 Å². The van der Waals surface area contributed by atoms with Gasteiger partial charge in [-0.3, -0.25) is 9.52 Å². The van der Waals surface area contributed by atoms with Crippen molar-refractivity contribution in [3.63, 3.8) is 0 Å². The first-order chi connectivity index (χ1) is 9.74. The molecule has 2 N–H and O–H groups in total. The van der Waals surface area contributed by atoms with Crippen LogP contribution in [0.3, 0.4) is 0 Å². The van der Waals surface area contributed by atoms with E-state index in [1.165, 1.54) is 0 Å². The summed E-state index contributed by atoms with van der Waals surface area (Å²) in [6, 6.07) is 6.71. The highest BCUT2D eigenvalue weighted by atomic mass is 32.2. The van der Waals surface area contributed by atoms with E-state index in [4.69, 9.17) is 0 Å². The van der Waals surface area contributed by atoms with Gasteiger partial charge in [0.1, 0.15) is 0 Å². The zero-order valence-electron chi connectivity index (χ0n) is 12.8. The second kappa shape index (κ2) is 7.26. The Bertz CT molecular complexity index is 636. The van der Waals surface area contributed by atoms with E-state index in [2.05, 4.69) is 10.0 Å². The Balaban J connectivity index is 2.95. The van der Waals surface area contributed by atoms with E-state index in [9.17, 15) is 13.2 Å². The molecule has 0 bridgehead atoms. The molecule has 21 heavy (non-hydrogen) atoms. The average Bonchev–Trinajstić information content (AvgIpc) is 2.37. The Morgan fingerprint density at radius 2 is 1.95 bits per heavy atom. The van der Waals surface area contributed by atoms with E-state index in [-0.39, 0.29) is 11.9 Å². The van der Waals surface area contributed by atoms with Crippen LogP contribution in [-0.4, -0.2) is 20.6 Å². The maximum Gasteiger partial charge on any atom is 0.247 e. The highest BCUT2D eigenvalue weighted by Crippen LogP contribution is 2.23. The number of rotatable bonds is 6. The van der Waals surface area contributed by atoms with Crippen LogP contribution in [0.2, 0.25) is 0 Å². The second-order valence-corrected chi connectivity index (χ2v) is 6.70. The number of nitrogens with one attached hydrogen (secondary N) is 2. The van der Waals surface area contributed by atoms with E-state index >= 15 is 0 Å². The highest BCUT2D eigenvalue weighted by molar-refractivity contribution is 7.92. The van der Waals surface area contributed by atoms with Crippen LogP contribution in [0.4, 0.5) is 5.69 Å². The van der Waals surface area contributed by atoms with Gasteiger partial charge < -0.3 is 5.32 Å². The first-order valence-corrected chi connectivity index (χ1v) is 8.68. The largest absolute Gasteiger partial charge is 0.346 e. The van der Waals surface area contributed by atoms with Crippen molar-refractivity contribution < 1.29 is 13.2 Å². The second-order valence-electron chi connectivity index (χ2n) is 4.95. The van der Waals surface area contributed by atoms with E-state index in [0.29, 0.717) is 11.3 Å². The molecule has 1 aromatic rings. The number of anilines is 1. The van der Waals surface area contributed by atoms with Crippen molar-refractivity contribution in [1.82, 2.24) is 5.32 Å². The van der Waals surface area contributed by atoms with Crippen LogP contribution >= 0.6 is 0 Å². The summed E-state index contributed by atoms with van der Waals surface area (Å²) in [5, 5.41) is 2.86. The average molecular weight is 310 g/mol. The van der Waals surface area contributed by atoms with Crippen LogP contribution < -0.4 is 10.0 Å². The summed E-state index contributed by atoms with van der Waals surface area (Å²) in [4.78, 5) is 12.0. The van der Waals surface area contributed by atoms with Crippen LogP contribution in [0.25, 0.3) is 0 Å². The van der Waals surface area contributed by atoms with Crippen molar-refractivity contribution in [2.75, 3.05) is 11.0 Å². The summed E-state index contributed by atoms with van der Waals surface area (Å²) in [5.41, 5.74) is 1.85. The number of carbonyl (C=O) groups is 1. The fourth-order valence-corrected chi connectivity index (χ4v) is 2.54. The molecule has 0 saturated carbocycles. The number of hydrogen-bond acceptors (Lipinski definition) is 3. The molecule has 0 radical (unpaired) electrons. The molecule has 0 aromatic heterocycles. The molecule has 0 spiro atoms. The van der Waals surface area contributed by atoms with E-state index < -0.39 is 10.0 Å². The van der Waals surface area contributed by atoms with Gasteiger partial charge in [0.05, 0.1) is 18.0 Å². The quantitative estimate of drug-likeness (QED) is 0.793. The van der Waals surface area contributed by atoms with Crippen LogP contribution in [0.15, 0.2) is 35.9 Å². The normalized spacial score (nSPS) is 13.6. The number of benzene rings is 1. The molecule has 6 heteroatoms. The van der Waals surface area contributed by atoms with Gasteiger partial charge in [0.25, 0.3) is 0 Å². The van der Waals surface area contributed by atoms with Crippen molar-refractivity contribution in [2.24, 2.45) is 0 Å². The number of allylic oxidation sites excluding steroid dienone is 1. The Labute approximate surface area is 126 Å². The van der Waals surface area contributed by atoms with Gasteiger partial charge in [-0.1, -0.05) is 31.2 Å². The molecule has 1 amide bonds. The molecule has 0 saturated heterocycles. The molecule has 116 valence electrons. The van der Waals surface area contributed by atoms with Crippen molar-refractivity contribution in [1.29, 1.82) is 0 Å². The lowest BCUT2D eigenvalue weighted by Crippen LogP contribution is -2.28. The lowest BCUT2D eigenvalue weighted by atomic mass is 10.1. The summed E-state index contributed by atoms with van der Waals surface area (Å²) in [6.45, 7) is 5.54. The van der Waals surface area contributed by atoms with E-state index in [0.717, 1.165) is 18.2 Å². The lowest BCUT2D eigenvalue weighted by Gasteiger charge is -2.18.